The van der Waals surface area contributed by atoms with Crippen LogP contribution in [-0.2, 0) is 0 Å². The van der Waals surface area contributed by atoms with Crippen molar-refractivity contribution in [2.24, 2.45) is 5.41 Å². The van der Waals surface area contributed by atoms with Crippen LogP contribution >= 0.6 is 0 Å². The summed E-state index contributed by atoms with van der Waals surface area (Å²) in [5.41, 5.74) is 1.45. The van der Waals surface area contributed by atoms with Crippen molar-refractivity contribution in [3.05, 3.63) is 11.9 Å². The molecule has 1 heterocycles. The molecule has 0 bridgehead atoms. The molecule has 1 aromatic heterocycles. The SMILES string of the molecule is CCCCCC(C)(C)CNc1ncc(C)[nH]1. The molecule has 2 N–H and O–H groups in total. The number of anilines is 1. The highest BCUT2D eigenvalue weighted by Gasteiger charge is 2.17. The van der Waals surface area contributed by atoms with E-state index < -0.39 is 0 Å². The largest absolute Gasteiger partial charge is 0.355 e. The summed E-state index contributed by atoms with van der Waals surface area (Å²) in [6.45, 7) is 9.86. The Hall–Kier alpha value is -0.990. The number of aryl methyl sites for hydroxylation is 1. The third-order valence-corrected chi connectivity index (χ3v) is 2.89. The first-order valence-corrected chi connectivity index (χ1v) is 6.29. The number of hydrogen-bond acceptors (Lipinski definition) is 2. The standard InChI is InChI=1S/C13H25N3/c1-5-6-7-8-13(3,4)10-15-12-14-9-11(2)16-12/h9H,5-8,10H2,1-4H3,(H2,14,15,16). The molecule has 0 atom stereocenters. The fourth-order valence-electron chi connectivity index (χ4n) is 1.77. The molecule has 92 valence electrons. The molecule has 0 unspecified atom stereocenters. The van der Waals surface area contributed by atoms with Gasteiger partial charge in [-0.15, -0.1) is 0 Å². The summed E-state index contributed by atoms with van der Waals surface area (Å²) in [5.74, 6) is 0.890. The molecule has 0 amide bonds. The van der Waals surface area contributed by atoms with E-state index >= 15 is 0 Å². The van der Waals surface area contributed by atoms with Crippen molar-refractivity contribution in [2.75, 3.05) is 11.9 Å². The van der Waals surface area contributed by atoms with Gasteiger partial charge < -0.3 is 10.3 Å². The predicted molar refractivity (Wildman–Crippen MR) is 69.7 cm³/mol. The Labute approximate surface area is 99.1 Å². The zero-order chi connectivity index (χ0) is 12.0. The summed E-state index contributed by atoms with van der Waals surface area (Å²) in [7, 11) is 0. The third kappa shape index (κ3) is 4.69. The van der Waals surface area contributed by atoms with E-state index in [4.69, 9.17) is 0 Å². The van der Waals surface area contributed by atoms with Crippen molar-refractivity contribution in [3.63, 3.8) is 0 Å². The van der Waals surface area contributed by atoms with Gasteiger partial charge in [0.15, 0.2) is 5.95 Å². The number of imidazole rings is 1. The molecule has 0 saturated carbocycles. The van der Waals surface area contributed by atoms with Gasteiger partial charge in [-0.25, -0.2) is 4.98 Å². The van der Waals surface area contributed by atoms with Crippen LogP contribution in [0.1, 0.15) is 52.1 Å². The Balaban J connectivity index is 2.29. The number of H-pyrrole nitrogens is 1. The lowest BCUT2D eigenvalue weighted by Gasteiger charge is -2.24. The van der Waals surface area contributed by atoms with Crippen LogP contribution in [0.2, 0.25) is 0 Å². The lowest BCUT2D eigenvalue weighted by Crippen LogP contribution is -2.23. The van der Waals surface area contributed by atoms with E-state index in [0.717, 1.165) is 18.2 Å². The number of nitrogens with one attached hydrogen (secondary N) is 2. The molecule has 3 nitrogen and oxygen atoms in total. The van der Waals surface area contributed by atoms with Crippen LogP contribution in [0.25, 0.3) is 0 Å². The van der Waals surface area contributed by atoms with Crippen molar-refractivity contribution < 1.29 is 0 Å². The maximum absolute atomic E-state index is 4.25. The quantitative estimate of drug-likeness (QED) is 0.691. The molecule has 16 heavy (non-hydrogen) atoms. The first-order chi connectivity index (χ1) is 7.53. The smallest absolute Gasteiger partial charge is 0.200 e. The highest BCUT2D eigenvalue weighted by atomic mass is 15.1. The third-order valence-electron chi connectivity index (χ3n) is 2.89. The minimum absolute atomic E-state index is 0.343. The van der Waals surface area contributed by atoms with Crippen LogP contribution in [0, 0.1) is 12.3 Å². The summed E-state index contributed by atoms with van der Waals surface area (Å²) in [4.78, 5) is 7.44. The first kappa shape index (κ1) is 13.1. The van der Waals surface area contributed by atoms with Gasteiger partial charge in [0.25, 0.3) is 0 Å². The fourth-order valence-corrected chi connectivity index (χ4v) is 1.77. The summed E-state index contributed by atoms with van der Waals surface area (Å²) in [6, 6.07) is 0. The molecule has 0 fully saturated rings. The Kier molecular flexibility index (Phi) is 4.84. The molecular formula is C13H25N3. The monoisotopic (exact) mass is 223 g/mol. The molecule has 0 aliphatic heterocycles. The molecule has 0 aromatic carbocycles. The molecule has 3 heteroatoms. The van der Waals surface area contributed by atoms with Crippen LogP contribution in [0.3, 0.4) is 0 Å². The summed E-state index contributed by atoms with van der Waals surface area (Å²) < 4.78 is 0. The van der Waals surface area contributed by atoms with Gasteiger partial charge in [-0.2, -0.15) is 0 Å². The minimum Gasteiger partial charge on any atom is -0.355 e. The lowest BCUT2D eigenvalue weighted by atomic mass is 9.87. The van der Waals surface area contributed by atoms with Crippen molar-refractivity contribution in [3.8, 4) is 0 Å². The number of nitrogens with zero attached hydrogens (tertiary/aromatic N) is 1. The van der Waals surface area contributed by atoms with Gasteiger partial charge in [-0.1, -0.05) is 40.0 Å². The maximum Gasteiger partial charge on any atom is 0.200 e. The number of unbranched alkanes of at least 4 members (excludes halogenated alkanes) is 2. The van der Waals surface area contributed by atoms with Gasteiger partial charge in [-0.3, -0.25) is 0 Å². The second-order valence-corrected chi connectivity index (χ2v) is 5.39. The summed E-state index contributed by atoms with van der Waals surface area (Å²) in [6.07, 6.45) is 7.08. The second-order valence-electron chi connectivity index (χ2n) is 5.39. The maximum atomic E-state index is 4.25. The van der Waals surface area contributed by atoms with Gasteiger partial charge in [0.2, 0.25) is 0 Å². The number of rotatable bonds is 7. The van der Waals surface area contributed by atoms with E-state index in [1.165, 1.54) is 25.7 Å². The molecule has 0 radical (unpaired) electrons. The second kappa shape index (κ2) is 5.92. The van der Waals surface area contributed by atoms with Crippen LogP contribution in [0.4, 0.5) is 5.95 Å². The van der Waals surface area contributed by atoms with Gasteiger partial charge in [0.1, 0.15) is 0 Å². The van der Waals surface area contributed by atoms with Crippen LogP contribution in [0.5, 0.6) is 0 Å². The molecule has 0 aliphatic rings. The Morgan fingerprint density at radius 3 is 2.69 bits per heavy atom. The molecular weight excluding hydrogens is 198 g/mol. The van der Waals surface area contributed by atoms with E-state index in [0.29, 0.717) is 5.41 Å². The van der Waals surface area contributed by atoms with E-state index in [9.17, 15) is 0 Å². The Morgan fingerprint density at radius 2 is 2.12 bits per heavy atom. The fraction of sp³-hybridized carbons (Fsp3) is 0.769. The zero-order valence-corrected chi connectivity index (χ0v) is 11.1. The van der Waals surface area contributed by atoms with Crippen LogP contribution < -0.4 is 5.32 Å². The molecule has 1 aromatic rings. The lowest BCUT2D eigenvalue weighted by molar-refractivity contribution is 0.342. The van der Waals surface area contributed by atoms with E-state index in [-0.39, 0.29) is 0 Å². The van der Waals surface area contributed by atoms with E-state index in [1.807, 2.05) is 13.1 Å². The summed E-state index contributed by atoms with van der Waals surface area (Å²) >= 11 is 0. The van der Waals surface area contributed by atoms with Crippen LogP contribution in [0.15, 0.2) is 6.20 Å². The van der Waals surface area contributed by atoms with E-state index in [1.54, 1.807) is 0 Å². The van der Waals surface area contributed by atoms with Crippen LogP contribution in [-0.4, -0.2) is 16.5 Å². The van der Waals surface area contributed by atoms with Crippen molar-refractivity contribution >= 4 is 5.95 Å². The first-order valence-electron chi connectivity index (χ1n) is 6.29. The number of aromatic nitrogens is 2. The molecule has 0 spiro atoms. The Morgan fingerprint density at radius 1 is 1.38 bits per heavy atom. The van der Waals surface area contributed by atoms with Gasteiger partial charge in [0.05, 0.1) is 0 Å². The zero-order valence-electron chi connectivity index (χ0n) is 11.1. The van der Waals surface area contributed by atoms with E-state index in [2.05, 4.69) is 36.1 Å². The van der Waals surface area contributed by atoms with Gasteiger partial charge >= 0.3 is 0 Å². The molecule has 0 aliphatic carbocycles. The number of hydrogen-bond donors (Lipinski definition) is 2. The van der Waals surface area contributed by atoms with Crippen molar-refractivity contribution in [2.45, 2.75) is 53.4 Å². The highest BCUT2D eigenvalue weighted by Crippen LogP contribution is 2.23. The van der Waals surface area contributed by atoms with Crippen molar-refractivity contribution in [1.82, 2.24) is 9.97 Å². The predicted octanol–water partition coefficient (Wildman–Crippen LogP) is 3.74. The minimum atomic E-state index is 0.343. The number of aromatic amines is 1. The average Bonchev–Trinajstić information content (AvgIpc) is 2.62. The molecule has 0 saturated heterocycles. The van der Waals surface area contributed by atoms with Gasteiger partial charge in [0, 0.05) is 18.4 Å². The normalized spacial score (nSPS) is 11.8. The Bertz CT molecular complexity index is 302. The van der Waals surface area contributed by atoms with Gasteiger partial charge in [-0.05, 0) is 18.8 Å². The average molecular weight is 223 g/mol. The molecule has 1 rings (SSSR count). The van der Waals surface area contributed by atoms with Crippen molar-refractivity contribution in [1.29, 1.82) is 0 Å². The summed E-state index contributed by atoms with van der Waals surface area (Å²) in [5, 5.41) is 3.37. The topological polar surface area (TPSA) is 40.7 Å². The highest BCUT2D eigenvalue weighted by molar-refractivity contribution is 5.26.